The second-order valence-electron chi connectivity index (χ2n) is 4.27. The monoisotopic (exact) mass is 200 g/mol. The third-order valence-corrected chi connectivity index (χ3v) is 4.61. The van der Waals surface area contributed by atoms with E-state index >= 15 is 0 Å². The van der Waals surface area contributed by atoms with E-state index in [0.717, 1.165) is 18.5 Å². The van der Waals surface area contributed by atoms with Gasteiger partial charge in [-0.25, -0.2) is 0 Å². The summed E-state index contributed by atoms with van der Waals surface area (Å²) in [5.41, 5.74) is 5.62. The first-order chi connectivity index (χ1) is 6.40. The van der Waals surface area contributed by atoms with Crippen molar-refractivity contribution in [2.75, 3.05) is 31.1 Å². The Balaban J connectivity index is 1.75. The van der Waals surface area contributed by atoms with Crippen LogP contribution in [0.2, 0.25) is 0 Å². The number of nitrogens with zero attached hydrogens (tertiary/aromatic N) is 1. The van der Waals surface area contributed by atoms with Gasteiger partial charge >= 0.3 is 0 Å². The summed E-state index contributed by atoms with van der Waals surface area (Å²) in [6.07, 6.45) is 3.99. The minimum absolute atomic E-state index is 0.815. The fourth-order valence-electron chi connectivity index (χ4n) is 2.38. The highest BCUT2D eigenvalue weighted by Crippen LogP contribution is 2.28. The highest BCUT2D eigenvalue weighted by molar-refractivity contribution is 8.00. The molecule has 1 unspecified atom stereocenters. The second-order valence-corrected chi connectivity index (χ2v) is 5.35. The maximum absolute atomic E-state index is 5.62. The van der Waals surface area contributed by atoms with Gasteiger partial charge in [0.25, 0.3) is 0 Å². The summed E-state index contributed by atoms with van der Waals surface area (Å²) in [5, 5.41) is 0. The summed E-state index contributed by atoms with van der Waals surface area (Å²) >= 11 is 2.09. The quantitative estimate of drug-likeness (QED) is 0.738. The highest BCUT2D eigenvalue weighted by atomic mass is 32.2. The van der Waals surface area contributed by atoms with Crippen molar-refractivity contribution in [2.45, 2.75) is 25.3 Å². The number of rotatable bonds is 4. The molecule has 2 aliphatic heterocycles. The molecule has 0 spiro atoms. The maximum atomic E-state index is 5.62. The molecule has 76 valence electrons. The molecule has 0 bridgehead atoms. The van der Waals surface area contributed by atoms with Gasteiger partial charge in [0.05, 0.1) is 0 Å². The molecule has 2 saturated heterocycles. The van der Waals surface area contributed by atoms with Crippen molar-refractivity contribution in [3.05, 3.63) is 0 Å². The lowest BCUT2D eigenvalue weighted by Crippen LogP contribution is -2.39. The van der Waals surface area contributed by atoms with E-state index < -0.39 is 0 Å². The number of thioether (sulfide) groups is 1. The molecule has 3 heteroatoms. The maximum Gasteiger partial charge on any atom is 0.0108 e. The molecule has 2 nitrogen and oxygen atoms in total. The van der Waals surface area contributed by atoms with E-state index in [1.165, 1.54) is 43.9 Å². The Kier molecular flexibility index (Phi) is 3.52. The lowest BCUT2D eigenvalue weighted by molar-refractivity contribution is 0.219. The van der Waals surface area contributed by atoms with Crippen LogP contribution in [0, 0.1) is 5.92 Å². The molecule has 0 saturated carbocycles. The Hall–Kier alpha value is 0.270. The molecule has 0 aromatic heterocycles. The van der Waals surface area contributed by atoms with E-state index in [2.05, 4.69) is 16.7 Å². The zero-order chi connectivity index (χ0) is 9.10. The first kappa shape index (κ1) is 9.81. The zero-order valence-corrected chi connectivity index (χ0v) is 9.06. The largest absolute Gasteiger partial charge is 0.330 e. The van der Waals surface area contributed by atoms with E-state index in [9.17, 15) is 0 Å². The van der Waals surface area contributed by atoms with Crippen molar-refractivity contribution in [3.8, 4) is 0 Å². The van der Waals surface area contributed by atoms with Crippen LogP contribution >= 0.6 is 11.8 Å². The summed E-state index contributed by atoms with van der Waals surface area (Å²) in [6, 6.07) is 0.815. The van der Waals surface area contributed by atoms with Crippen molar-refractivity contribution >= 4 is 11.8 Å². The van der Waals surface area contributed by atoms with Crippen LogP contribution in [-0.2, 0) is 0 Å². The van der Waals surface area contributed by atoms with E-state index in [4.69, 9.17) is 5.73 Å². The molecular formula is C10H20N2S. The average Bonchev–Trinajstić information content (AvgIpc) is 2.46. The van der Waals surface area contributed by atoms with Crippen LogP contribution in [0.25, 0.3) is 0 Å². The molecule has 2 fully saturated rings. The van der Waals surface area contributed by atoms with Crippen molar-refractivity contribution in [1.82, 2.24) is 4.90 Å². The van der Waals surface area contributed by atoms with Crippen molar-refractivity contribution in [1.29, 1.82) is 0 Å². The summed E-state index contributed by atoms with van der Waals surface area (Å²) in [6.45, 7) is 3.53. The highest BCUT2D eigenvalue weighted by Gasteiger charge is 2.28. The standard InChI is InChI=1S/C10H20N2S/c11-4-3-10-2-1-5-12(10)6-9-7-13-8-9/h9-10H,1-8,11H2. The lowest BCUT2D eigenvalue weighted by atomic mass is 10.1. The molecule has 0 aromatic carbocycles. The van der Waals surface area contributed by atoms with Gasteiger partial charge in [0.15, 0.2) is 0 Å². The fourth-order valence-corrected chi connectivity index (χ4v) is 3.16. The normalized spacial score (nSPS) is 30.7. The molecule has 2 rings (SSSR count). The lowest BCUT2D eigenvalue weighted by Gasteiger charge is -2.32. The second kappa shape index (κ2) is 4.67. The predicted octanol–water partition coefficient (Wildman–Crippen LogP) is 1.16. The number of likely N-dealkylation sites (tertiary alicyclic amines) is 1. The van der Waals surface area contributed by atoms with E-state index in [-0.39, 0.29) is 0 Å². The Labute approximate surface area is 85.2 Å². The van der Waals surface area contributed by atoms with Crippen LogP contribution in [0.4, 0.5) is 0 Å². The number of hydrogen-bond donors (Lipinski definition) is 1. The molecule has 1 atom stereocenters. The van der Waals surface area contributed by atoms with E-state index in [0.29, 0.717) is 0 Å². The SMILES string of the molecule is NCCC1CCCN1CC1CSC1. The van der Waals surface area contributed by atoms with Gasteiger partial charge in [0.2, 0.25) is 0 Å². The van der Waals surface area contributed by atoms with Gasteiger partial charge in [-0.1, -0.05) is 0 Å². The van der Waals surface area contributed by atoms with Crippen LogP contribution in [0.5, 0.6) is 0 Å². The minimum atomic E-state index is 0.815. The molecule has 0 amide bonds. The van der Waals surface area contributed by atoms with Crippen LogP contribution in [0.15, 0.2) is 0 Å². The number of hydrogen-bond acceptors (Lipinski definition) is 3. The van der Waals surface area contributed by atoms with Gasteiger partial charge in [0, 0.05) is 12.6 Å². The Morgan fingerprint density at radius 2 is 2.23 bits per heavy atom. The first-order valence-corrected chi connectivity index (χ1v) is 6.57. The molecule has 2 N–H and O–H groups in total. The van der Waals surface area contributed by atoms with Gasteiger partial charge in [-0.2, -0.15) is 11.8 Å². The molecule has 0 aromatic rings. The Morgan fingerprint density at radius 3 is 2.85 bits per heavy atom. The zero-order valence-electron chi connectivity index (χ0n) is 8.24. The molecule has 13 heavy (non-hydrogen) atoms. The fraction of sp³-hybridized carbons (Fsp3) is 1.00. The van der Waals surface area contributed by atoms with Gasteiger partial charge in [0.1, 0.15) is 0 Å². The van der Waals surface area contributed by atoms with Gasteiger partial charge in [-0.05, 0) is 49.8 Å². The van der Waals surface area contributed by atoms with Crippen molar-refractivity contribution in [3.63, 3.8) is 0 Å². The van der Waals surface area contributed by atoms with Crippen LogP contribution < -0.4 is 5.73 Å². The van der Waals surface area contributed by atoms with Gasteiger partial charge in [-0.15, -0.1) is 0 Å². The van der Waals surface area contributed by atoms with Gasteiger partial charge < -0.3 is 10.6 Å². The molecule has 2 aliphatic rings. The van der Waals surface area contributed by atoms with Crippen LogP contribution in [-0.4, -0.2) is 42.1 Å². The summed E-state index contributed by atoms with van der Waals surface area (Å²) in [5.74, 6) is 3.78. The third-order valence-electron chi connectivity index (χ3n) is 3.20. The molecule has 2 heterocycles. The third kappa shape index (κ3) is 2.39. The number of nitrogens with two attached hydrogens (primary N) is 1. The summed E-state index contributed by atoms with van der Waals surface area (Å²) in [7, 11) is 0. The summed E-state index contributed by atoms with van der Waals surface area (Å²) < 4.78 is 0. The van der Waals surface area contributed by atoms with Crippen molar-refractivity contribution in [2.24, 2.45) is 11.7 Å². The summed E-state index contributed by atoms with van der Waals surface area (Å²) in [4.78, 5) is 2.68. The molecule has 0 aliphatic carbocycles. The first-order valence-electron chi connectivity index (χ1n) is 5.42. The topological polar surface area (TPSA) is 29.3 Å². The Morgan fingerprint density at radius 1 is 1.38 bits per heavy atom. The van der Waals surface area contributed by atoms with Crippen LogP contribution in [0.3, 0.4) is 0 Å². The van der Waals surface area contributed by atoms with Crippen LogP contribution in [0.1, 0.15) is 19.3 Å². The van der Waals surface area contributed by atoms with E-state index in [1.54, 1.807) is 0 Å². The average molecular weight is 200 g/mol. The Bertz CT molecular complexity index is 159. The molecule has 0 radical (unpaired) electrons. The van der Waals surface area contributed by atoms with Crippen molar-refractivity contribution < 1.29 is 0 Å². The minimum Gasteiger partial charge on any atom is -0.330 e. The van der Waals surface area contributed by atoms with Gasteiger partial charge in [-0.3, -0.25) is 0 Å². The van der Waals surface area contributed by atoms with E-state index in [1.807, 2.05) is 0 Å². The predicted molar refractivity (Wildman–Crippen MR) is 59.1 cm³/mol. The smallest absolute Gasteiger partial charge is 0.0108 e. The molecular weight excluding hydrogens is 180 g/mol.